The second-order valence-electron chi connectivity index (χ2n) is 5.72. The lowest BCUT2D eigenvalue weighted by Gasteiger charge is -2.36. The molecule has 3 rings (SSSR count). The molecule has 0 bridgehead atoms. The lowest BCUT2D eigenvalue weighted by atomic mass is 9.97. The highest BCUT2D eigenvalue weighted by molar-refractivity contribution is 5.36. The van der Waals surface area contributed by atoms with Crippen LogP contribution in [-0.2, 0) is 0 Å². The second-order valence-corrected chi connectivity index (χ2v) is 5.72. The lowest BCUT2D eigenvalue weighted by molar-refractivity contribution is 0.158. The number of methoxy groups -OCH3 is 1. The van der Waals surface area contributed by atoms with Crippen LogP contribution in [0.15, 0.2) is 24.3 Å². The third kappa shape index (κ3) is 3.10. The standard InChI is InChI=1S/C16H24N2O/c1-19-16-5-3-2-4-14(16)15(12-13-6-7-13)18-10-8-17-9-11-18/h2-5,13,15,17H,6-12H2,1H3/t15-/m0/s1. The summed E-state index contributed by atoms with van der Waals surface area (Å²) in [4.78, 5) is 2.63. The monoisotopic (exact) mass is 260 g/mol. The van der Waals surface area contributed by atoms with Crippen LogP contribution in [0.2, 0.25) is 0 Å². The van der Waals surface area contributed by atoms with Gasteiger partial charge < -0.3 is 10.1 Å². The normalized spacial score (nSPS) is 22.2. The zero-order valence-corrected chi connectivity index (χ0v) is 11.8. The van der Waals surface area contributed by atoms with Crippen molar-refractivity contribution >= 4 is 0 Å². The van der Waals surface area contributed by atoms with Crippen LogP contribution < -0.4 is 10.1 Å². The van der Waals surface area contributed by atoms with Crippen molar-refractivity contribution in [1.82, 2.24) is 10.2 Å². The van der Waals surface area contributed by atoms with Gasteiger partial charge in [0.2, 0.25) is 0 Å². The topological polar surface area (TPSA) is 24.5 Å². The summed E-state index contributed by atoms with van der Waals surface area (Å²) < 4.78 is 5.58. The van der Waals surface area contributed by atoms with Crippen LogP contribution in [0.4, 0.5) is 0 Å². The molecule has 3 nitrogen and oxygen atoms in total. The number of benzene rings is 1. The average Bonchev–Trinajstić information content (AvgIpc) is 3.30. The number of para-hydroxylation sites is 1. The molecule has 1 aromatic carbocycles. The SMILES string of the molecule is COc1ccccc1[C@H](CC1CC1)N1CCNCC1. The van der Waals surface area contributed by atoms with Gasteiger partial charge in [0.05, 0.1) is 7.11 Å². The highest BCUT2D eigenvalue weighted by Crippen LogP contribution is 2.42. The molecule has 1 saturated carbocycles. The van der Waals surface area contributed by atoms with E-state index in [1.54, 1.807) is 7.11 Å². The van der Waals surface area contributed by atoms with Gasteiger partial charge in [0.15, 0.2) is 0 Å². The molecule has 1 aromatic rings. The van der Waals surface area contributed by atoms with E-state index in [1.807, 2.05) is 0 Å². The van der Waals surface area contributed by atoms with Crippen molar-refractivity contribution < 1.29 is 4.74 Å². The van der Waals surface area contributed by atoms with Crippen molar-refractivity contribution in [1.29, 1.82) is 0 Å². The largest absolute Gasteiger partial charge is 0.496 e. The molecule has 1 saturated heterocycles. The Morgan fingerprint density at radius 3 is 2.68 bits per heavy atom. The van der Waals surface area contributed by atoms with Gasteiger partial charge >= 0.3 is 0 Å². The van der Waals surface area contributed by atoms with E-state index in [-0.39, 0.29) is 0 Å². The Hall–Kier alpha value is -1.06. The van der Waals surface area contributed by atoms with E-state index >= 15 is 0 Å². The molecule has 0 radical (unpaired) electrons. The zero-order valence-electron chi connectivity index (χ0n) is 11.8. The first-order valence-electron chi connectivity index (χ1n) is 7.46. The number of ether oxygens (including phenoxy) is 1. The maximum absolute atomic E-state index is 5.58. The molecule has 2 fully saturated rings. The highest BCUT2D eigenvalue weighted by atomic mass is 16.5. The molecule has 1 atom stereocenters. The molecule has 0 unspecified atom stereocenters. The minimum atomic E-state index is 0.533. The predicted molar refractivity (Wildman–Crippen MR) is 77.5 cm³/mol. The molecule has 1 aliphatic carbocycles. The Bertz CT molecular complexity index is 411. The van der Waals surface area contributed by atoms with E-state index in [4.69, 9.17) is 4.74 Å². The van der Waals surface area contributed by atoms with E-state index in [0.717, 1.165) is 37.8 Å². The first kappa shape index (κ1) is 12.9. The van der Waals surface area contributed by atoms with Crippen LogP contribution in [0.3, 0.4) is 0 Å². The smallest absolute Gasteiger partial charge is 0.123 e. The molecule has 0 aromatic heterocycles. The zero-order chi connectivity index (χ0) is 13.1. The molecular formula is C16H24N2O. The number of piperazine rings is 1. The van der Waals surface area contributed by atoms with Crippen LogP contribution in [0.5, 0.6) is 5.75 Å². The van der Waals surface area contributed by atoms with Crippen LogP contribution in [0.1, 0.15) is 30.9 Å². The maximum Gasteiger partial charge on any atom is 0.123 e. The van der Waals surface area contributed by atoms with Gasteiger partial charge in [-0.1, -0.05) is 31.0 Å². The summed E-state index contributed by atoms with van der Waals surface area (Å²) in [5, 5.41) is 3.45. The van der Waals surface area contributed by atoms with E-state index in [2.05, 4.69) is 34.5 Å². The average molecular weight is 260 g/mol. The Kier molecular flexibility index (Phi) is 4.04. The first-order chi connectivity index (χ1) is 9.38. The Labute approximate surface area is 115 Å². The summed E-state index contributed by atoms with van der Waals surface area (Å²) in [7, 11) is 1.78. The third-order valence-corrected chi connectivity index (χ3v) is 4.34. The number of nitrogens with one attached hydrogen (secondary N) is 1. The van der Waals surface area contributed by atoms with Gasteiger partial charge in [-0.3, -0.25) is 4.90 Å². The fraction of sp³-hybridized carbons (Fsp3) is 0.625. The fourth-order valence-corrected chi connectivity index (χ4v) is 3.08. The minimum Gasteiger partial charge on any atom is -0.496 e. The number of nitrogens with zero attached hydrogens (tertiary/aromatic N) is 1. The van der Waals surface area contributed by atoms with Crippen molar-refractivity contribution in [3.05, 3.63) is 29.8 Å². The van der Waals surface area contributed by atoms with Crippen molar-refractivity contribution in [3.8, 4) is 5.75 Å². The molecule has 1 heterocycles. The van der Waals surface area contributed by atoms with Crippen molar-refractivity contribution in [2.45, 2.75) is 25.3 Å². The predicted octanol–water partition coefficient (Wildman–Crippen LogP) is 2.44. The van der Waals surface area contributed by atoms with Crippen molar-refractivity contribution in [2.24, 2.45) is 5.92 Å². The van der Waals surface area contributed by atoms with E-state index < -0.39 is 0 Å². The molecule has 1 aliphatic heterocycles. The molecule has 3 heteroatoms. The molecular weight excluding hydrogens is 236 g/mol. The summed E-state index contributed by atoms with van der Waals surface area (Å²) in [5.74, 6) is 1.98. The second kappa shape index (κ2) is 5.93. The van der Waals surface area contributed by atoms with Gasteiger partial charge in [0, 0.05) is 37.8 Å². The summed E-state index contributed by atoms with van der Waals surface area (Å²) in [5.41, 5.74) is 1.37. The number of rotatable bonds is 5. The van der Waals surface area contributed by atoms with Gasteiger partial charge in [-0.25, -0.2) is 0 Å². The van der Waals surface area contributed by atoms with E-state index in [0.29, 0.717) is 6.04 Å². The number of hydrogen-bond donors (Lipinski definition) is 1. The summed E-state index contributed by atoms with van der Waals surface area (Å²) in [6.07, 6.45) is 4.12. The molecule has 2 aliphatic rings. The van der Waals surface area contributed by atoms with Crippen LogP contribution >= 0.6 is 0 Å². The van der Waals surface area contributed by atoms with Gasteiger partial charge in [-0.15, -0.1) is 0 Å². The minimum absolute atomic E-state index is 0.533. The quantitative estimate of drug-likeness (QED) is 0.880. The molecule has 1 N–H and O–H groups in total. The Balaban J connectivity index is 1.83. The third-order valence-electron chi connectivity index (χ3n) is 4.34. The van der Waals surface area contributed by atoms with Gasteiger partial charge in [0.1, 0.15) is 5.75 Å². The van der Waals surface area contributed by atoms with Crippen LogP contribution in [-0.4, -0.2) is 38.2 Å². The highest BCUT2D eigenvalue weighted by Gasteiger charge is 2.31. The molecule has 104 valence electrons. The Morgan fingerprint density at radius 1 is 1.26 bits per heavy atom. The summed E-state index contributed by atoms with van der Waals surface area (Å²) in [6.45, 7) is 4.51. The van der Waals surface area contributed by atoms with Gasteiger partial charge in [-0.2, -0.15) is 0 Å². The molecule has 19 heavy (non-hydrogen) atoms. The van der Waals surface area contributed by atoms with Crippen LogP contribution in [0, 0.1) is 5.92 Å². The van der Waals surface area contributed by atoms with Gasteiger partial charge in [0.25, 0.3) is 0 Å². The Morgan fingerprint density at radius 2 is 2.00 bits per heavy atom. The number of hydrogen-bond acceptors (Lipinski definition) is 3. The van der Waals surface area contributed by atoms with Gasteiger partial charge in [-0.05, 0) is 18.4 Å². The summed E-state index contributed by atoms with van der Waals surface area (Å²) in [6, 6.07) is 9.07. The van der Waals surface area contributed by atoms with E-state index in [9.17, 15) is 0 Å². The van der Waals surface area contributed by atoms with Crippen molar-refractivity contribution in [3.63, 3.8) is 0 Å². The molecule has 0 spiro atoms. The van der Waals surface area contributed by atoms with E-state index in [1.165, 1.54) is 24.8 Å². The lowest BCUT2D eigenvalue weighted by Crippen LogP contribution is -2.45. The summed E-state index contributed by atoms with van der Waals surface area (Å²) >= 11 is 0. The van der Waals surface area contributed by atoms with Crippen molar-refractivity contribution in [2.75, 3.05) is 33.3 Å². The maximum atomic E-state index is 5.58. The molecule has 0 amide bonds. The van der Waals surface area contributed by atoms with Crippen LogP contribution in [0.25, 0.3) is 0 Å². The fourth-order valence-electron chi connectivity index (χ4n) is 3.08. The first-order valence-corrected chi connectivity index (χ1v) is 7.46.